The summed E-state index contributed by atoms with van der Waals surface area (Å²) >= 11 is 0. The van der Waals surface area contributed by atoms with Gasteiger partial charge >= 0.3 is 6.03 Å². The number of carbonyl (C=O) groups excluding carboxylic acids is 1. The minimum Gasteiger partial charge on any atom is -0.336 e. The van der Waals surface area contributed by atoms with Gasteiger partial charge in [0.2, 0.25) is 0 Å². The summed E-state index contributed by atoms with van der Waals surface area (Å²) in [7, 11) is 0. The Hall–Kier alpha value is -0.770. The highest BCUT2D eigenvalue weighted by Crippen LogP contribution is 2.33. The van der Waals surface area contributed by atoms with Gasteiger partial charge in [-0.05, 0) is 27.7 Å². The molecule has 2 fully saturated rings. The lowest BCUT2D eigenvalue weighted by atomic mass is 9.90. The molecule has 2 saturated heterocycles. The molecule has 4 nitrogen and oxygen atoms in total. The Labute approximate surface area is 98.0 Å². The van der Waals surface area contributed by atoms with Crippen molar-refractivity contribution in [2.75, 3.05) is 19.6 Å². The van der Waals surface area contributed by atoms with Crippen molar-refractivity contribution in [2.45, 2.75) is 45.8 Å². The van der Waals surface area contributed by atoms with Crippen LogP contribution in [-0.4, -0.2) is 53.6 Å². The number of nitrogens with one attached hydrogen (secondary N) is 1. The molecule has 2 rings (SSSR count). The van der Waals surface area contributed by atoms with Crippen LogP contribution in [0.4, 0.5) is 4.79 Å². The van der Waals surface area contributed by atoms with Crippen molar-refractivity contribution in [3.8, 4) is 0 Å². The van der Waals surface area contributed by atoms with E-state index in [-0.39, 0.29) is 12.1 Å². The van der Waals surface area contributed by atoms with Gasteiger partial charge in [-0.2, -0.15) is 0 Å². The largest absolute Gasteiger partial charge is 0.336 e. The predicted molar refractivity (Wildman–Crippen MR) is 64.4 cm³/mol. The molecular weight excluding hydrogens is 202 g/mol. The number of fused-ring (bicyclic) bond motifs is 1. The number of urea groups is 1. The molecule has 92 valence electrons. The van der Waals surface area contributed by atoms with E-state index >= 15 is 0 Å². The Morgan fingerprint density at radius 1 is 1.19 bits per heavy atom. The number of rotatable bonds is 2. The highest BCUT2D eigenvalue weighted by Gasteiger charge is 2.47. The monoisotopic (exact) mass is 225 g/mol. The number of hydrogen-bond donors (Lipinski definition) is 1. The summed E-state index contributed by atoms with van der Waals surface area (Å²) in [6.45, 7) is 11.5. The quantitative estimate of drug-likeness (QED) is 0.764. The van der Waals surface area contributed by atoms with E-state index in [1.54, 1.807) is 0 Å². The summed E-state index contributed by atoms with van der Waals surface area (Å²) in [5.41, 5.74) is 0. The first-order chi connectivity index (χ1) is 7.49. The second kappa shape index (κ2) is 4.24. The topological polar surface area (TPSA) is 35.6 Å². The standard InChI is InChI=1S/C12H23N3O/c1-8(2)13-12(16)14-5-10-6-15(9(3)4)11(10)7-14/h8-11H,5-7H2,1-4H3,(H,13,16). The summed E-state index contributed by atoms with van der Waals surface area (Å²) in [6, 6.07) is 1.55. The number of amides is 2. The van der Waals surface area contributed by atoms with Crippen molar-refractivity contribution in [2.24, 2.45) is 5.92 Å². The number of likely N-dealkylation sites (tertiary alicyclic amines) is 2. The molecule has 2 aliphatic heterocycles. The Morgan fingerprint density at radius 2 is 1.88 bits per heavy atom. The van der Waals surface area contributed by atoms with Gasteiger partial charge in [0.25, 0.3) is 0 Å². The Kier molecular flexibility index (Phi) is 3.10. The predicted octanol–water partition coefficient (Wildman–Crippen LogP) is 1.13. The first-order valence-electron chi connectivity index (χ1n) is 6.30. The summed E-state index contributed by atoms with van der Waals surface area (Å²) < 4.78 is 0. The smallest absolute Gasteiger partial charge is 0.317 e. The molecule has 0 aromatic rings. The fourth-order valence-electron chi connectivity index (χ4n) is 2.78. The number of carbonyl (C=O) groups is 1. The minimum absolute atomic E-state index is 0.105. The molecule has 16 heavy (non-hydrogen) atoms. The Balaban J connectivity index is 1.87. The summed E-state index contributed by atoms with van der Waals surface area (Å²) in [5, 5.41) is 2.97. The highest BCUT2D eigenvalue weighted by molar-refractivity contribution is 5.75. The van der Waals surface area contributed by atoms with Crippen LogP contribution in [0.3, 0.4) is 0 Å². The third-order valence-corrected chi connectivity index (χ3v) is 3.64. The SMILES string of the molecule is CC(C)NC(=O)N1CC2CN(C(C)C)C2C1. The van der Waals surface area contributed by atoms with Gasteiger partial charge in [0.15, 0.2) is 0 Å². The molecule has 0 radical (unpaired) electrons. The fourth-order valence-corrected chi connectivity index (χ4v) is 2.78. The van der Waals surface area contributed by atoms with Crippen molar-refractivity contribution in [3.05, 3.63) is 0 Å². The molecule has 2 atom stereocenters. The van der Waals surface area contributed by atoms with Crippen LogP contribution < -0.4 is 5.32 Å². The van der Waals surface area contributed by atoms with Gasteiger partial charge < -0.3 is 10.2 Å². The summed E-state index contributed by atoms with van der Waals surface area (Å²) in [6.07, 6.45) is 0. The van der Waals surface area contributed by atoms with Crippen LogP contribution in [0.2, 0.25) is 0 Å². The zero-order valence-corrected chi connectivity index (χ0v) is 10.7. The maximum atomic E-state index is 11.8. The number of hydrogen-bond acceptors (Lipinski definition) is 2. The molecule has 4 heteroatoms. The van der Waals surface area contributed by atoms with Crippen LogP contribution in [0, 0.1) is 5.92 Å². The normalized spacial score (nSPS) is 29.5. The van der Waals surface area contributed by atoms with Gasteiger partial charge in [0.1, 0.15) is 0 Å². The fraction of sp³-hybridized carbons (Fsp3) is 0.917. The van der Waals surface area contributed by atoms with Crippen LogP contribution in [0.25, 0.3) is 0 Å². The Bertz CT molecular complexity index is 277. The van der Waals surface area contributed by atoms with Crippen LogP contribution in [0.15, 0.2) is 0 Å². The van der Waals surface area contributed by atoms with Gasteiger partial charge in [-0.15, -0.1) is 0 Å². The molecule has 0 bridgehead atoms. The van der Waals surface area contributed by atoms with Crippen LogP contribution >= 0.6 is 0 Å². The van der Waals surface area contributed by atoms with E-state index in [2.05, 4.69) is 24.1 Å². The lowest BCUT2D eigenvalue weighted by Gasteiger charge is -2.46. The van der Waals surface area contributed by atoms with E-state index < -0.39 is 0 Å². The number of nitrogens with zero attached hydrogens (tertiary/aromatic N) is 2. The maximum Gasteiger partial charge on any atom is 0.317 e. The Morgan fingerprint density at radius 3 is 2.44 bits per heavy atom. The molecular formula is C12H23N3O. The zero-order chi connectivity index (χ0) is 11.9. The van der Waals surface area contributed by atoms with Gasteiger partial charge in [-0.3, -0.25) is 4.90 Å². The second-order valence-corrected chi connectivity index (χ2v) is 5.63. The lowest BCUT2D eigenvalue weighted by molar-refractivity contribution is 0.0216. The first-order valence-corrected chi connectivity index (χ1v) is 6.30. The van der Waals surface area contributed by atoms with Gasteiger partial charge in [-0.1, -0.05) is 0 Å². The molecule has 0 aromatic carbocycles. The molecule has 0 saturated carbocycles. The van der Waals surface area contributed by atoms with Crippen molar-refractivity contribution < 1.29 is 4.79 Å². The molecule has 2 aliphatic rings. The third-order valence-electron chi connectivity index (χ3n) is 3.64. The lowest BCUT2D eigenvalue weighted by Crippen LogP contribution is -2.58. The second-order valence-electron chi connectivity index (χ2n) is 5.63. The summed E-state index contributed by atoms with van der Waals surface area (Å²) in [4.78, 5) is 16.3. The average Bonchev–Trinajstić information content (AvgIpc) is 2.42. The van der Waals surface area contributed by atoms with Gasteiger partial charge in [-0.25, -0.2) is 4.79 Å². The minimum atomic E-state index is 0.105. The summed E-state index contributed by atoms with van der Waals surface area (Å²) in [5.74, 6) is 0.709. The molecule has 2 amide bonds. The van der Waals surface area contributed by atoms with Crippen molar-refractivity contribution in [1.82, 2.24) is 15.1 Å². The first kappa shape index (κ1) is 11.7. The molecule has 0 spiro atoms. The molecule has 2 unspecified atom stereocenters. The van der Waals surface area contributed by atoms with Crippen LogP contribution in [0.5, 0.6) is 0 Å². The van der Waals surface area contributed by atoms with Gasteiger partial charge in [0, 0.05) is 43.7 Å². The van der Waals surface area contributed by atoms with E-state index in [0.717, 1.165) is 19.6 Å². The molecule has 2 heterocycles. The van der Waals surface area contributed by atoms with Crippen molar-refractivity contribution >= 4 is 6.03 Å². The maximum absolute atomic E-state index is 11.8. The van der Waals surface area contributed by atoms with E-state index in [4.69, 9.17) is 0 Å². The van der Waals surface area contributed by atoms with E-state index in [1.807, 2.05) is 18.7 Å². The molecule has 0 aromatic heterocycles. The third kappa shape index (κ3) is 2.03. The van der Waals surface area contributed by atoms with E-state index in [1.165, 1.54) is 0 Å². The van der Waals surface area contributed by atoms with E-state index in [0.29, 0.717) is 18.0 Å². The van der Waals surface area contributed by atoms with Gasteiger partial charge in [0.05, 0.1) is 0 Å². The van der Waals surface area contributed by atoms with Crippen LogP contribution in [0.1, 0.15) is 27.7 Å². The zero-order valence-electron chi connectivity index (χ0n) is 10.7. The highest BCUT2D eigenvalue weighted by atomic mass is 16.2. The van der Waals surface area contributed by atoms with E-state index in [9.17, 15) is 4.79 Å². The van der Waals surface area contributed by atoms with Crippen molar-refractivity contribution in [1.29, 1.82) is 0 Å². The van der Waals surface area contributed by atoms with Crippen molar-refractivity contribution in [3.63, 3.8) is 0 Å². The molecule has 0 aliphatic carbocycles. The average molecular weight is 225 g/mol. The van der Waals surface area contributed by atoms with Crippen LogP contribution in [-0.2, 0) is 0 Å². The molecule has 1 N–H and O–H groups in total.